The second-order valence-electron chi connectivity index (χ2n) is 2.61. The third kappa shape index (κ3) is 2.37. The molecule has 0 aromatic carbocycles. The van der Waals surface area contributed by atoms with Crippen LogP contribution < -0.4 is 0 Å². The van der Waals surface area contributed by atoms with Crippen molar-refractivity contribution in [3.05, 3.63) is 31.2 Å². The number of likely N-dealkylation sites (N-methyl/N-ethyl adjacent to an activating group) is 1. The van der Waals surface area contributed by atoms with Gasteiger partial charge in [-0.05, 0) is 13.1 Å². The van der Waals surface area contributed by atoms with Crippen LogP contribution >= 0.6 is 0 Å². The van der Waals surface area contributed by atoms with Crippen LogP contribution in [-0.2, 0) is 0 Å². The number of furan rings is 1. The Morgan fingerprint density at radius 1 is 1.82 bits per heavy atom. The Labute approximate surface area is 66.2 Å². The lowest BCUT2D eigenvalue weighted by molar-refractivity contribution is 0.144. The fourth-order valence-corrected chi connectivity index (χ4v) is 0.865. The molecule has 1 heterocycles. The van der Waals surface area contributed by atoms with Crippen molar-refractivity contribution in [3.8, 4) is 0 Å². The summed E-state index contributed by atoms with van der Waals surface area (Å²) in [5.74, 6) is 0. The van der Waals surface area contributed by atoms with Crippen molar-refractivity contribution in [2.24, 2.45) is 0 Å². The highest BCUT2D eigenvalue weighted by atomic mass is 16.3. The highest BCUT2D eigenvalue weighted by Gasteiger charge is 2.08. The van der Waals surface area contributed by atoms with Gasteiger partial charge in [-0.2, -0.15) is 0 Å². The zero-order chi connectivity index (χ0) is 8.27. The first-order valence-corrected chi connectivity index (χ1v) is 3.42. The number of hydrogen-bond acceptors (Lipinski definition) is 3. The minimum absolute atomic E-state index is 0.503. The first-order chi connectivity index (χ1) is 5.20. The standard InChI is InChI=1S/C8H12NO2/c1-9(2)5-8(10)7-3-4-11-6-7/h3-4,6,8,10H,1,5H2,2H3. The van der Waals surface area contributed by atoms with Crippen LogP contribution in [0.2, 0.25) is 0 Å². The minimum Gasteiger partial charge on any atom is -0.472 e. The molecule has 61 valence electrons. The largest absolute Gasteiger partial charge is 0.472 e. The van der Waals surface area contributed by atoms with Crippen molar-refractivity contribution in [2.75, 3.05) is 13.6 Å². The summed E-state index contributed by atoms with van der Waals surface area (Å²) < 4.78 is 4.82. The van der Waals surface area contributed by atoms with Gasteiger partial charge in [-0.15, -0.1) is 0 Å². The van der Waals surface area contributed by atoms with Gasteiger partial charge >= 0.3 is 0 Å². The van der Waals surface area contributed by atoms with Gasteiger partial charge in [0.2, 0.25) is 0 Å². The summed E-state index contributed by atoms with van der Waals surface area (Å²) in [7, 11) is 5.44. The van der Waals surface area contributed by atoms with Crippen LogP contribution in [-0.4, -0.2) is 23.6 Å². The molecular weight excluding hydrogens is 142 g/mol. The molecule has 0 bridgehead atoms. The summed E-state index contributed by atoms with van der Waals surface area (Å²) in [6.07, 6.45) is 2.58. The zero-order valence-electron chi connectivity index (χ0n) is 6.53. The molecule has 1 aromatic heterocycles. The molecule has 1 N–H and O–H groups in total. The van der Waals surface area contributed by atoms with Gasteiger partial charge in [0, 0.05) is 19.2 Å². The Morgan fingerprint density at radius 2 is 2.55 bits per heavy atom. The molecule has 0 spiro atoms. The molecule has 1 aromatic rings. The molecule has 1 unspecified atom stereocenters. The average molecular weight is 154 g/mol. The van der Waals surface area contributed by atoms with E-state index in [2.05, 4.69) is 7.05 Å². The van der Waals surface area contributed by atoms with Crippen molar-refractivity contribution in [3.63, 3.8) is 0 Å². The van der Waals surface area contributed by atoms with E-state index in [0.717, 1.165) is 5.56 Å². The Balaban J connectivity index is 2.49. The van der Waals surface area contributed by atoms with Crippen LogP contribution in [0.4, 0.5) is 0 Å². The van der Waals surface area contributed by atoms with Gasteiger partial charge in [0.25, 0.3) is 0 Å². The fourth-order valence-electron chi connectivity index (χ4n) is 0.865. The van der Waals surface area contributed by atoms with Gasteiger partial charge in [-0.25, -0.2) is 0 Å². The predicted molar refractivity (Wildman–Crippen MR) is 41.7 cm³/mol. The second-order valence-corrected chi connectivity index (χ2v) is 2.61. The Morgan fingerprint density at radius 3 is 3.00 bits per heavy atom. The van der Waals surface area contributed by atoms with Crippen molar-refractivity contribution in [1.82, 2.24) is 4.90 Å². The van der Waals surface area contributed by atoms with Crippen LogP contribution in [0.5, 0.6) is 0 Å². The van der Waals surface area contributed by atoms with Gasteiger partial charge in [0.1, 0.15) is 0 Å². The SMILES string of the molecule is [CH2]N(C)CC(O)c1ccoc1. The molecule has 3 nitrogen and oxygen atoms in total. The van der Waals surface area contributed by atoms with E-state index >= 15 is 0 Å². The van der Waals surface area contributed by atoms with Crippen LogP contribution in [0, 0.1) is 7.05 Å². The summed E-state index contributed by atoms with van der Waals surface area (Å²) in [6, 6.07) is 1.74. The van der Waals surface area contributed by atoms with E-state index in [-0.39, 0.29) is 0 Å². The van der Waals surface area contributed by atoms with E-state index < -0.39 is 6.10 Å². The molecule has 3 heteroatoms. The van der Waals surface area contributed by atoms with Crippen LogP contribution in [0.3, 0.4) is 0 Å². The number of aliphatic hydroxyl groups is 1. The normalized spacial score (nSPS) is 13.8. The monoisotopic (exact) mass is 154 g/mol. The quantitative estimate of drug-likeness (QED) is 0.706. The predicted octanol–water partition coefficient (Wildman–Crippen LogP) is 1.04. The summed E-state index contributed by atoms with van der Waals surface area (Å²) in [5.41, 5.74) is 0.792. The Hall–Kier alpha value is -0.800. The molecule has 0 saturated carbocycles. The lowest BCUT2D eigenvalue weighted by Gasteiger charge is -2.13. The molecule has 0 saturated heterocycles. The molecule has 1 atom stereocenters. The van der Waals surface area contributed by atoms with Gasteiger partial charge in [0.05, 0.1) is 18.6 Å². The maximum absolute atomic E-state index is 9.44. The van der Waals surface area contributed by atoms with E-state index in [9.17, 15) is 5.11 Å². The first-order valence-electron chi connectivity index (χ1n) is 3.42. The number of rotatable bonds is 3. The van der Waals surface area contributed by atoms with Crippen molar-refractivity contribution >= 4 is 0 Å². The highest BCUT2D eigenvalue weighted by molar-refractivity contribution is 5.09. The molecule has 0 aliphatic heterocycles. The van der Waals surface area contributed by atoms with Gasteiger partial charge in [-0.1, -0.05) is 0 Å². The lowest BCUT2D eigenvalue weighted by atomic mass is 10.2. The molecule has 0 aliphatic rings. The van der Waals surface area contributed by atoms with E-state index in [1.165, 1.54) is 6.26 Å². The van der Waals surface area contributed by atoms with Gasteiger partial charge < -0.3 is 14.4 Å². The zero-order valence-corrected chi connectivity index (χ0v) is 6.53. The second kappa shape index (κ2) is 3.55. The van der Waals surface area contributed by atoms with E-state index in [1.54, 1.807) is 17.2 Å². The Bertz CT molecular complexity index is 194. The maximum atomic E-state index is 9.44. The average Bonchev–Trinajstić information content (AvgIpc) is 2.35. The highest BCUT2D eigenvalue weighted by Crippen LogP contribution is 2.12. The molecule has 11 heavy (non-hydrogen) atoms. The fraction of sp³-hybridized carbons (Fsp3) is 0.375. The molecule has 0 amide bonds. The summed E-state index contributed by atoms with van der Waals surface area (Å²) in [4.78, 5) is 1.68. The van der Waals surface area contributed by atoms with E-state index in [4.69, 9.17) is 4.42 Å². The first kappa shape index (κ1) is 8.30. The van der Waals surface area contributed by atoms with Crippen molar-refractivity contribution in [2.45, 2.75) is 6.10 Å². The van der Waals surface area contributed by atoms with Gasteiger partial charge in [-0.3, -0.25) is 0 Å². The minimum atomic E-state index is -0.503. The third-order valence-corrected chi connectivity index (χ3v) is 1.41. The van der Waals surface area contributed by atoms with Crippen LogP contribution in [0.15, 0.2) is 23.0 Å². The summed E-state index contributed by atoms with van der Waals surface area (Å²) >= 11 is 0. The topological polar surface area (TPSA) is 36.6 Å². The summed E-state index contributed by atoms with van der Waals surface area (Å²) in [6.45, 7) is 0.513. The molecule has 0 aliphatic carbocycles. The van der Waals surface area contributed by atoms with Crippen LogP contribution in [0.25, 0.3) is 0 Å². The lowest BCUT2D eigenvalue weighted by Crippen LogP contribution is -2.17. The Kier molecular flexibility index (Phi) is 2.68. The van der Waals surface area contributed by atoms with E-state index in [0.29, 0.717) is 6.54 Å². The molecule has 1 rings (SSSR count). The van der Waals surface area contributed by atoms with Crippen molar-refractivity contribution < 1.29 is 9.52 Å². The van der Waals surface area contributed by atoms with Crippen molar-refractivity contribution in [1.29, 1.82) is 0 Å². The molecular formula is C8H12NO2. The maximum Gasteiger partial charge on any atom is 0.0961 e. The summed E-state index contributed by atoms with van der Waals surface area (Å²) in [5, 5.41) is 9.44. The van der Waals surface area contributed by atoms with E-state index in [1.807, 2.05) is 7.05 Å². The third-order valence-electron chi connectivity index (χ3n) is 1.41. The number of hydrogen-bond donors (Lipinski definition) is 1. The molecule has 1 radical (unpaired) electrons. The smallest absolute Gasteiger partial charge is 0.0961 e. The number of nitrogens with zero attached hydrogens (tertiary/aromatic N) is 1. The molecule has 0 fully saturated rings. The van der Waals surface area contributed by atoms with Crippen LogP contribution in [0.1, 0.15) is 11.7 Å². The van der Waals surface area contributed by atoms with Gasteiger partial charge in [0.15, 0.2) is 0 Å². The number of aliphatic hydroxyl groups excluding tert-OH is 1.